The SMILES string of the molecule is CCC[C@@H]1C=C[C@H]2[C@@H](C(=O)N([C@H](C)CO)[C@@H]2C(=O)Nc2cc(C)ccc2C)[C@@H]1C(=O)OCC. The Labute approximate surface area is 196 Å². The number of hydrogen-bond donors (Lipinski definition) is 2. The van der Waals surface area contributed by atoms with Crippen LogP contribution < -0.4 is 5.32 Å². The van der Waals surface area contributed by atoms with Gasteiger partial charge < -0.3 is 20.1 Å². The number of likely N-dealkylation sites (tertiary alicyclic amines) is 1. The summed E-state index contributed by atoms with van der Waals surface area (Å²) < 4.78 is 5.36. The second-order valence-corrected chi connectivity index (χ2v) is 9.25. The van der Waals surface area contributed by atoms with E-state index in [1.54, 1.807) is 13.8 Å². The Hall–Kier alpha value is -2.67. The Morgan fingerprint density at radius 2 is 1.94 bits per heavy atom. The zero-order valence-corrected chi connectivity index (χ0v) is 20.2. The number of carbonyl (C=O) groups excluding carboxylic acids is 3. The maximum Gasteiger partial charge on any atom is 0.310 e. The van der Waals surface area contributed by atoms with E-state index < -0.39 is 35.8 Å². The van der Waals surface area contributed by atoms with Gasteiger partial charge in [0, 0.05) is 11.6 Å². The lowest BCUT2D eigenvalue weighted by Gasteiger charge is -2.34. The molecule has 0 spiro atoms. The summed E-state index contributed by atoms with van der Waals surface area (Å²) in [6.07, 6.45) is 5.52. The summed E-state index contributed by atoms with van der Waals surface area (Å²) in [4.78, 5) is 41.7. The van der Waals surface area contributed by atoms with Gasteiger partial charge in [0.2, 0.25) is 11.8 Å². The molecule has 180 valence electrons. The monoisotopic (exact) mass is 456 g/mol. The number of hydrogen-bond acceptors (Lipinski definition) is 5. The first-order chi connectivity index (χ1) is 15.7. The van der Waals surface area contributed by atoms with E-state index in [0.717, 1.165) is 24.0 Å². The van der Waals surface area contributed by atoms with Crippen LogP contribution in [0, 0.1) is 37.5 Å². The first kappa shape index (κ1) is 25.0. The summed E-state index contributed by atoms with van der Waals surface area (Å²) in [5, 5.41) is 12.9. The summed E-state index contributed by atoms with van der Waals surface area (Å²) in [5.41, 5.74) is 2.63. The zero-order valence-electron chi connectivity index (χ0n) is 20.2. The molecule has 3 rings (SSSR count). The minimum atomic E-state index is -0.819. The van der Waals surface area contributed by atoms with E-state index in [2.05, 4.69) is 5.32 Å². The van der Waals surface area contributed by atoms with Gasteiger partial charge in [0.05, 0.1) is 31.1 Å². The molecular weight excluding hydrogens is 420 g/mol. The maximum atomic E-state index is 13.7. The van der Waals surface area contributed by atoms with Gasteiger partial charge in [-0.2, -0.15) is 0 Å². The van der Waals surface area contributed by atoms with Crippen LogP contribution in [0.25, 0.3) is 0 Å². The predicted octanol–water partition coefficient (Wildman–Crippen LogP) is 3.23. The number of esters is 1. The molecule has 2 amide bonds. The molecular formula is C26H36N2O5. The van der Waals surface area contributed by atoms with Crippen LogP contribution >= 0.6 is 0 Å². The molecule has 1 heterocycles. The normalized spacial score (nSPS) is 27.3. The van der Waals surface area contributed by atoms with Crippen LogP contribution in [0.3, 0.4) is 0 Å². The molecule has 1 aliphatic carbocycles. The van der Waals surface area contributed by atoms with Gasteiger partial charge in [-0.05, 0) is 57.2 Å². The summed E-state index contributed by atoms with van der Waals surface area (Å²) >= 11 is 0. The van der Waals surface area contributed by atoms with Crippen molar-refractivity contribution in [3.63, 3.8) is 0 Å². The molecule has 7 nitrogen and oxygen atoms in total. The van der Waals surface area contributed by atoms with Crippen molar-refractivity contribution in [1.82, 2.24) is 4.90 Å². The van der Waals surface area contributed by atoms with Gasteiger partial charge in [-0.3, -0.25) is 14.4 Å². The summed E-state index contributed by atoms with van der Waals surface area (Å²) in [6, 6.07) is 4.44. The molecule has 0 saturated carbocycles. The number of nitrogens with one attached hydrogen (secondary N) is 1. The van der Waals surface area contributed by atoms with E-state index >= 15 is 0 Å². The number of carbonyl (C=O) groups is 3. The lowest BCUT2D eigenvalue weighted by atomic mass is 9.69. The lowest BCUT2D eigenvalue weighted by Crippen LogP contribution is -2.49. The van der Waals surface area contributed by atoms with Gasteiger partial charge in [-0.15, -0.1) is 0 Å². The highest BCUT2D eigenvalue weighted by atomic mass is 16.5. The van der Waals surface area contributed by atoms with Crippen molar-refractivity contribution in [2.24, 2.45) is 23.7 Å². The summed E-state index contributed by atoms with van der Waals surface area (Å²) in [6.45, 7) is 9.34. The number of nitrogens with zero attached hydrogens (tertiary/aromatic N) is 1. The third-order valence-electron chi connectivity index (χ3n) is 6.89. The van der Waals surface area contributed by atoms with Gasteiger partial charge >= 0.3 is 5.97 Å². The van der Waals surface area contributed by atoms with Crippen molar-refractivity contribution >= 4 is 23.5 Å². The van der Waals surface area contributed by atoms with Crippen molar-refractivity contribution in [3.8, 4) is 0 Å². The van der Waals surface area contributed by atoms with E-state index in [1.165, 1.54) is 4.90 Å². The van der Waals surface area contributed by atoms with Crippen LogP contribution in [0.5, 0.6) is 0 Å². The number of ether oxygens (including phenoxy) is 1. The summed E-state index contributed by atoms with van der Waals surface area (Å²) in [7, 11) is 0. The summed E-state index contributed by atoms with van der Waals surface area (Å²) in [5.74, 6) is -2.90. The largest absolute Gasteiger partial charge is 0.466 e. The van der Waals surface area contributed by atoms with Crippen LogP contribution in [0.15, 0.2) is 30.4 Å². The first-order valence-corrected chi connectivity index (χ1v) is 11.9. The van der Waals surface area contributed by atoms with Crippen LogP contribution in [-0.2, 0) is 19.1 Å². The van der Waals surface area contributed by atoms with Crippen molar-refractivity contribution < 1.29 is 24.2 Å². The first-order valence-electron chi connectivity index (χ1n) is 11.9. The van der Waals surface area contributed by atoms with E-state index in [4.69, 9.17) is 4.74 Å². The van der Waals surface area contributed by atoms with Gasteiger partial charge in [0.25, 0.3) is 0 Å². The average Bonchev–Trinajstić information content (AvgIpc) is 3.08. The zero-order chi connectivity index (χ0) is 24.3. The second kappa shape index (κ2) is 10.5. The topological polar surface area (TPSA) is 95.9 Å². The Balaban J connectivity index is 2.02. The number of aliphatic hydroxyl groups excluding tert-OH is 1. The standard InChI is InChI=1S/C26H36N2O5/c1-6-8-18-11-12-19-22(21(18)26(32)33-7-2)25(31)28(17(5)14-29)23(19)24(30)27-20-13-15(3)9-10-16(20)4/h9-13,17-19,21-23,29H,6-8,14H2,1-5H3,(H,27,30)/t17-,18-,19+,21-,22-,23+/m1/s1. The van der Waals surface area contributed by atoms with Gasteiger partial charge in [0.1, 0.15) is 6.04 Å². The van der Waals surface area contributed by atoms with Gasteiger partial charge in [0.15, 0.2) is 0 Å². The molecule has 0 radical (unpaired) electrons. The van der Waals surface area contributed by atoms with Crippen molar-refractivity contribution in [2.75, 3.05) is 18.5 Å². The molecule has 0 unspecified atom stereocenters. The number of aliphatic hydroxyl groups is 1. The van der Waals surface area contributed by atoms with Gasteiger partial charge in [-0.25, -0.2) is 0 Å². The highest BCUT2D eigenvalue weighted by Crippen LogP contribution is 2.46. The molecule has 0 aromatic heterocycles. The number of fused-ring (bicyclic) bond motifs is 1. The Bertz CT molecular complexity index is 927. The molecule has 0 bridgehead atoms. The Morgan fingerprint density at radius 3 is 2.58 bits per heavy atom. The number of allylic oxidation sites excluding steroid dienone is 1. The quantitative estimate of drug-likeness (QED) is 0.463. The third kappa shape index (κ3) is 4.83. The second-order valence-electron chi connectivity index (χ2n) is 9.25. The fourth-order valence-corrected chi connectivity index (χ4v) is 5.26. The molecule has 7 heteroatoms. The van der Waals surface area contributed by atoms with Crippen molar-refractivity contribution in [3.05, 3.63) is 41.5 Å². The number of anilines is 1. The number of amides is 2. The van der Waals surface area contributed by atoms with Crippen LogP contribution in [0.4, 0.5) is 5.69 Å². The Morgan fingerprint density at radius 1 is 1.21 bits per heavy atom. The molecule has 2 aliphatic rings. The number of benzene rings is 1. The molecule has 1 aliphatic heterocycles. The fourth-order valence-electron chi connectivity index (χ4n) is 5.26. The van der Waals surface area contributed by atoms with Crippen LogP contribution in [0.2, 0.25) is 0 Å². The lowest BCUT2D eigenvalue weighted by molar-refractivity contribution is -0.156. The predicted molar refractivity (Wildman–Crippen MR) is 126 cm³/mol. The molecule has 1 aromatic rings. The minimum Gasteiger partial charge on any atom is -0.466 e. The van der Waals surface area contributed by atoms with E-state index in [-0.39, 0.29) is 30.9 Å². The fraction of sp³-hybridized carbons (Fsp3) is 0.577. The van der Waals surface area contributed by atoms with Crippen LogP contribution in [0.1, 0.15) is 44.7 Å². The molecule has 2 N–H and O–H groups in total. The molecule has 33 heavy (non-hydrogen) atoms. The van der Waals surface area contributed by atoms with Crippen molar-refractivity contribution in [2.45, 2.75) is 59.5 Å². The highest BCUT2D eigenvalue weighted by Gasteiger charge is 2.58. The molecule has 1 saturated heterocycles. The van der Waals surface area contributed by atoms with Crippen molar-refractivity contribution in [1.29, 1.82) is 0 Å². The third-order valence-corrected chi connectivity index (χ3v) is 6.89. The smallest absolute Gasteiger partial charge is 0.310 e. The van der Waals surface area contributed by atoms with E-state index in [0.29, 0.717) is 5.69 Å². The minimum absolute atomic E-state index is 0.119. The highest BCUT2D eigenvalue weighted by molar-refractivity contribution is 6.02. The molecule has 6 atom stereocenters. The van der Waals surface area contributed by atoms with E-state index in [9.17, 15) is 19.5 Å². The molecule has 1 aromatic carbocycles. The number of rotatable bonds is 8. The van der Waals surface area contributed by atoms with Gasteiger partial charge in [-0.1, -0.05) is 37.6 Å². The van der Waals surface area contributed by atoms with E-state index in [1.807, 2.05) is 51.1 Å². The average molecular weight is 457 g/mol. The van der Waals surface area contributed by atoms with Crippen LogP contribution in [-0.4, -0.2) is 53.1 Å². The Kier molecular flexibility index (Phi) is 7.95. The number of aryl methyl sites for hydroxylation is 2. The molecule has 1 fully saturated rings. The maximum absolute atomic E-state index is 13.7.